The van der Waals surface area contributed by atoms with Crippen LogP contribution in [0.2, 0.25) is 0 Å². The number of benzene rings is 1. The van der Waals surface area contributed by atoms with Crippen molar-refractivity contribution in [2.75, 3.05) is 17.7 Å². The van der Waals surface area contributed by atoms with Crippen molar-refractivity contribution in [2.24, 2.45) is 0 Å². The molecule has 7 heteroatoms. The number of fused-ring (bicyclic) bond motifs is 1. The van der Waals surface area contributed by atoms with Crippen molar-refractivity contribution >= 4 is 17.2 Å². The molecule has 3 aromatic rings. The number of aromatic nitrogens is 5. The molecule has 0 fully saturated rings. The molecular weight excluding hydrogens is 242 g/mol. The zero-order valence-electron chi connectivity index (χ0n) is 10.4. The van der Waals surface area contributed by atoms with E-state index in [2.05, 4.69) is 20.5 Å². The van der Waals surface area contributed by atoms with Crippen LogP contribution in [0.25, 0.3) is 5.65 Å². The molecule has 7 nitrogen and oxygen atoms in total. The van der Waals surface area contributed by atoms with E-state index in [1.165, 1.54) is 0 Å². The predicted molar refractivity (Wildman–Crippen MR) is 71.5 cm³/mol. The van der Waals surface area contributed by atoms with Gasteiger partial charge in [0.05, 0.1) is 12.4 Å². The van der Waals surface area contributed by atoms with E-state index in [9.17, 15) is 0 Å². The Bertz CT molecular complexity index is 706. The molecule has 0 spiro atoms. The second-order valence-electron chi connectivity index (χ2n) is 4.32. The van der Waals surface area contributed by atoms with Gasteiger partial charge in [0, 0.05) is 19.3 Å². The van der Waals surface area contributed by atoms with Gasteiger partial charge in [0.15, 0.2) is 11.5 Å². The van der Waals surface area contributed by atoms with Crippen molar-refractivity contribution < 1.29 is 0 Å². The van der Waals surface area contributed by atoms with E-state index in [0.29, 0.717) is 12.2 Å². The van der Waals surface area contributed by atoms with Crippen LogP contribution in [0.5, 0.6) is 0 Å². The highest BCUT2D eigenvalue weighted by Gasteiger charge is 2.09. The van der Waals surface area contributed by atoms with E-state index in [1.54, 1.807) is 16.9 Å². The molecule has 0 atom stereocenters. The SMILES string of the molecule is CN(Cc1cccc(N)c1)c1cncc2nnnn12. The molecule has 19 heavy (non-hydrogen) atoms. The topological polar surface area (TPSA) is 85.2 Å². The first kappa shape index (κ1) is 11.4. The number of nitrogens with two attached hydrogens (primary N) is 1. The number of nitrogen functional groups attached to an aromatic ring is 1. The first-order chi connectivity index (χ1) is 9.24. The molecule has 0 aliphatic carbocycles. The fraction of sp³-hybridized carbons (Fsp3) is 0.167. The van der Waals surface area contributed by atoms with E-state index in [1.807, 2.05) is 36.2 Å². The van der Waals surface area contributed by atoms with Gasteiger partial charge in [-0.2, -0.15) is 4.52 Å². The van der Waals surface area contributed by atoms with Crippen LogP contribution in [0.3, 0.4) is 0 Å². The Morgan fingerprint density at radius 3 is 3.05 bits per heavy atom. The fourth-order valence-corrected chi connectivity index (χ4v) is 1.97. The molecule has 0 aliphatic heterocycles. The third-order valence-electron chi connectivity index (χ3n) is 2.85. The summed E-state index contributed by atoms with van der Waals surface area (Å²) in [7, 11) is 1.96. The molecule has 96 valence electrons. The third-order valence-corrected chi connectivity index (χ3v) is 2.85. The molecule has 2 heterocycles. The normalized spacial score (nSPS) is 10.8. The minimum absolute atomic E-state index is 0.622. The monoisotopic (exact) mass is 255 g/mol. The maximum absolute atomic E-state index is 5.78. The summed E-state index contributed by atoms with van der Waals surface area (Å²) in [5, 5.41) is 11.5. The summed E-state index contributed by atoms with van der Waals surface area (Å²) < 4.78 is 1.65. The smallest absolute Gasteiger partial charge is 0.199 e. The Morgan fingerprint density at radius 1 is 1.32 bits per heavy atom. The van der Waals surface area contributed by atoms with Crippen LogP contribution >= 0.6 is 0 Å². The summed E-state index contributed by atoms with van der Waals surface area (Å²) in [6.07, 6.45) is 3.35. The first-order valence-electron chi connectivity index (χ1n) is 5.82. The molecule has 3 rings (SSSR count). The van der Waals surface area contributed by atoms with Crippen molar-refractivity contribution in [3.8, 4) is 0 Å². The zero-order valence-corrected chi connectivity index (χ0v) is 10.4. The van der Waals surface area contributed by atoms with Crippen molar-refractivity contribution in [3.05, 3.63) is 42.2 Å². The fourth-order valence-electron chi connectivity index (χ4n) is 1.97. The number of hydrogen-bond donors (Lipinski definition) is 1. The first-order valence-corrected chi connectivity index (χ1v) is 5.82. The molecule has 0 bridgehead atoms. The summed E-state index contributed by atoms with van der Waals surface area (Å²) >= 11 is 0. The lowest BCUT2D eigenvalue weighted by Gasteiger charge is -2.19. The number of rotatable bonds is 3. The van der Waals surface area contributed by atoms with Gasteiger partial charge in [-0.3, -0.25) is 4.98 Å². The molecule has 2 N–H and O–H groups in total. The minimum atomic E-state index is 0.622. The minimum Gasteiger partial charge on any atom is -0.399 e. The molecule has 0 radical (unpaired) electrons. The largest absolute Gasteiger partial charge is 0.399 e. The average Bonchev–Trinajstić information content (AvgIpc) is 2.86. The average molecular weight is 255 g/mol. The molecular formula is C12H13N7. The highest BCUT2D eigenvalue weighted by molar-refractivity contribution is 5.47. The maximum Gasteiger partial charge on any atom is 0.199 e. The Morgan fingerprint density at radius 2 is 2.21 bits per heavy atom. The standard InChI is InChI=1S/C12H13N7/c1-18(8-9-3-2-4-10(13)5-9)12-7-14-6-11-15-16-17-19(11)12/h2-7H,8,13H2,1H3. The summed E-state index contributed by atoms with van der Waals surface area (Å²) in [5.74, 6) is 0.824. The highest BCUT2D eigenvalue weighted by Crippen LogP contribution is 2.15. The van der Waals surface area contributed by atoms with E-state index < -0.39 is 0 Å². The predicted octanol–water partition coefficient (Wildman–Crippen LogP) is 0.738. The summed E-state index contributed by atoms with van der Waals surface area (Å²) in [5.41, 5.74) is 8.27. The van der Waals surface area contributed by atoms with Gasteiger partial charge in [0.2, 0.25) is 0 Å². The molecule has 0 aliphatic rings. The number of nitrogens with zero attached hydrogens (tertiary/aromatic N) is 6. The molecule has 0 amide bonds. The number of anilines is 2. The van der Waals surface area contributed by atoms with Gasteiger partial charge < -0.3 is 10.6 Å². The van der Waals surface area contributed by atoms with Crippen molar-refractivity contribution in [2.45, 2.75) is 6.54 Å². The van der Waals surface area contributed by atoms with Crippen molar-refractivity contribution in [3.63, 3.8) is 0 Å². The molecule has 1 aromatic carbocycles. The highest BCUT2D eigenvalue weighted by atomic mass is 15.5. The van der Waals surface area contributed by atoms with E-state index in [-0.39, 0.29) is 0 Å². The Hall–Kier alpha value is -2.70. The van der Waals surface area contributed by atoms with Crippen LogP contribution in [0.4, 0.5) is 11.5 Å². The van der Waals surface area contributed by atoms with Crippen LogP contribution < -0.4 is 10.6 Å². The molecule has 0 saturated carbocycles. The summed E-state index contributed by atoms with van der Waals surface area (Å²) in [4.78, 5) is 6.15. The van der Waals surface area contributed by atoms with E-state index in [0.717, 1.165) is 17.1 Å². The third kappa shape index (κ3) is 2.17. The van der Waals surface area contributed by atoms with Crippen LogP contribution in [0, 0.1) is 0 Å². The lowest BCUT2D eigenvalue weighted by molar-refractivity contribution is 0.782. The second-order valence-corrected chi connectivity index (χ2v) is 4.32. The van der Waals surface area contributed by atoms with Gasteiger partial charge in [-0.15, -0.1) is 5.10 Å². The van der Waals surface area contributed by atoms with Gasteiger partial charge in [0.25, 0.3) is 0 Å². The Balaban J connectivity index is 1.91. The zero-order chi connectivity index (χ0) is 13.2. The summed E-state index contributed by atoms with van der Waals surface area (Å²) in [6, 6.07) is 7.78. The molecule has 2 aromatic heterocycles. The van der Waals surface area contributed by atoms with Crippen molar-refractivity contribution in [1.29, 1.82) is 0 Å². The maximum atomic E-state index is 5.78. The summed E-state index contributed by atoms with van der Waals surface area (Å²) in [6.45, 7) is 0.700. The van der Waals surface area contributed by atoms with Crippen LogP contribution in [0.15, 0.2) is 36.7 Å². The Labute approximate surface area is 109 Å². The molecule has 0 saturated heterocycles. The number of tetrazole rings is 1. The Kier molecular flexibility index (Phi) is 2.71. The van der Waals surface area contributed by atoms with Crippen LogP contribution in [0.1, 0.15) is 5.56 Å². The van der Waals surface area contributed by atoms with Gasteiger partial charge >= 0.3 is 0 Å². The van der Waals surface area contributed by atoms with Crippen molar-refractivity contribution in [1.82, 2.24) is 25.0 Å². The quantitative estimate of drug-likeness (QED) is 0.695. The van der Waals surface area contributed by atoms with Crippen LogP contribution in [-0.2, 0) is 6.54 Å². The van der Waals surface area contributed by atoms with E-state index >= 15 is 0 Å². The lowest BCUT2D eigenvalue weighted by atomic mass is 10.2. The lowest BCUT2D eigenvalue weighted by Crippen LogP contribution is -2.20. The second kappa shape index (κ2) is 4.52. The van der Waals surface area contributed by atoms with E-state index in [4.69, 9.17) is 5.73 Å². The number of hydrogen-bond acceptors (Lipinski definition) is 6. The van der Waals surface area contributed by atoms with Gasteiger partial charge in [-0.1, -0.05) is 12.1 Å². The van der Waals surface area contributed by atoms with Gasteiger partial charge in [-0.25, -0.2) is 0 Å². The molecule has 0 unspecified atom stereocenters. The van der Waals surface area contributed by atoms with Gasteiger partial charge in [0.1, 0.15) is 0 Å². The van der Waals surface area contributed by atoms with Gasteiger partial charge in [-0.05, 0) is 28.1 Å². The van der Waals surface area contributed by atoms with Crippen LogP contribution in [-0.4, -0.2) is 32.1 Å².